The van der Waals surface area contributed by atoms with Gasteiger partial charge in [-0.05, 0) is 26.9 Å². The summed E-state index contributed by atoms with van der Waals surface area (Å²) in [4.78, 5) is 13.1. The lowest BCUT2D eigenvalue weighted by Crippen LogP contribution is -2.35. The Morgan fingerprint density at radius 1 is 1.00 bits per heavy atom. The number of hydrogen-bond donors (Lipinski definition) is 1. The molecule has 1 N–H and O–H groups in total. The first-order chi connectivity index (χ1) is 9.66. The van der Waals surface area contributed by atoms with Crippen LogP contribution in [0.25, 0.3) is 0 Å². The number of alkyl halides is 1. The Bertz CT molecular complexity index is 228. The highest BCUT2D eigenvalue weighted by atomic mass is 35.5. The van der Waals surface area contributed by atoms with E-state index in [1.807, 2.05) is 19.0 Å². The lowest BCUT2D eigenvalue weighted by Gasteiger charge is -2.10. The van der Waals surface area contributed by atoms with E-state index in [9.17, 15) is 4.79 Å². The maximum absolute atomic E-state index is 11.3. The average Bonchev–Trinajstić information content (AvgIpc) is 2.39. The number of unbranched alkanes of at least 4 members (excludes halogenated alkanes) is 3. The zero-order valence-electron chi connectivity index (χ0n) is 12.8. The molecule has 0 bridgehead atoms. The van der Waals surface area contributed by atoms with Crippen molar-refractivity contribution < 1.29 is 14.3 Å². The van der Waals surface area contributed by atoms with E-state index < -0.39 is 0 Å². The first-order valence-corrected chi connectivity index (χ1v) is 7.83. The number of hydrogen-bond acceptors (Lipinski definition) is 4. The van der Waals surface area contributed by atoms with Crippen LogP contribution in [-0.4, -0.2) is 70.3 Å². The van der Waals surface area contributed by atoms with Gasteiger partial charge in [0.05, 0.1) is 26.4 Å². The first kappa shape index (κ1) is 19.6. The fourth-order valence-corrected chi connectivity index (χ4v) is 1.77. The predicted molar refractivity (Wildman–Crippen MR) is 82.4 cm³/mol. The fourth-order valence-electron chi connectivity index (χ4n) is 1.58. The molecule has 0 unspecified atom stereocenters. The van der Waals surface area contributed by atoms with E-state index in [0.717, 1.165) is 25.3 Å². The van der Waals surface area contributed by atoms with Crippen LogP contribution in [0.2, 0.25) is 0 Å². The first-order valence-electron chi connectivity index (χ1n) is 7.29. The third-order valence-corrected chi connectivity index (χ3v) is 2.84. The van der Waals surface area contributed by atoms with Gasteiger partial charge in [-0.25, -0.2) is 0 Å². The van der Waals surface area contributed by atoms with Crippen LogP contribution in [0.3, 0.4) is 0 Å². The number of likely N-dealkylation sites (N-methyl/N-ethyl adjacent to an activating group) is 1. The van der Waals surface area contributed by atoms with Crippen LogP contribution in [0.15, 0.2) is 0 Å². The van der Waals surface area contributed by atoms with Gasteiger partial charge in [-0.1, -0.05) is 12.8 Å². The van der Waals surface area contributed by atoms with E-state index >= 15 is 0 Å². The van der Waals surface area contributed by atoms with Crippen molar-refractivity contribution in [2.45, 2.75) is 25.7 Å². The third kappa shape index (κ3) is 15.7. The van der Waals surface area contributed by atoms with Gasteiger partial charge in [0, 0.05) is 19.0 Å². The van der Waals surface area contributed by atoms with Crippen LogP contribution < -0.4 is 5.32 Å². The second-order valence-corrected chi connectivity index (χ2v) is 5.29. The molecular weight excluding hydrogens is 280 g/mol. The number of nitrogens with one attached hydrogen (secondary N) is 1. The molecular formula is C14H29ClN2O3. The maximum Gasteiger partial charge on any atom is 0.234 e. The normalized spacial score (nSPS) is 11.0. The summed E-state index contributed by atoms with van der Waals surface area (Å²) in [7, 11) is 3.73. The van der Waals surface area contributed by atoms with Crippen molar-refractivity contribution in [3.05, 3.63) is 0 Å². The van der Waals surface area contributed by atoms with Gasteiger partial charge in [0.2, 0.25) is 5.91 Å². The molecule has 1 amide bonds. The van der Waals surface area contributed by atoms with Crippen LogP contribution >= 0.6 is 11.6 Å². The van der Waals surface area contributed by atoms with Crippen LogP contribution in [0.5, 0.6) is 0 Å². The second kappa shape index (κ2) is 15.0. The fraction of sp³-hybridized carbons (Fsp3) is 0.929. The lowest BCUT2D eigenvalue weighted by atomic mass is 10.2. The summed E-state index contributed by atoms with van der Waals surface area (Å²) in [5.41, 5.74) is 0. The molecule has 0 aliphatic carbocycles. The molecule has 0 atom stereocenters. The molecule has 0 spiro atoms. The van der Waals surface area contributed by atoms with E-state index in [1.54, 1.807) is 0 Å². The van der Waals surface area contributed by atoms with E-state index in [-0.39, 0.29) is 5.91 Å². The highest BCUT2D eigenvalue weighted by Crippen LogP contribution is 2.00. The summed E-state index contributed by atoms with van der Waals surface area (Å²) in [5, 5.41) is 2.79. The van der Waals surface area contributed by atoms with Crippen LogP contribution in [0.1, 0.15) is 25.7 Å². The molecule has 120 valence electrons. The van der Waals surface area contributed by atoms with E-state index in [2.05, 4.69) is 5.32 Å². The number of carbonyl (C=O) groups is 1. The number of nitrogens with zero attached hydrogens (tertiary/aromatic N) is 1. The number of rotatable bonds is 14. The second-order valence-electron chi connectivity index (χ2n) is 4.92. The zero-order valence-corrected chi connectivity index (χ0v) is 13.6. The molecule has 0 aromatic heterocycles. The van der Waals surface area contributed by atoms with Gasteiger partial charge < -0.3 is 19.7 Å². The lowest BCUT2D eigenvalue weighted by molar-refractivity contribution is -0.121. The third-order valence-electron chi connectivity index (χ3n) is 2.57. The van der Waals surface area contributed by atoms with E-state index in [4.69, 9.17) is 21.1 Å². The highest BCUT2D eigenvalue weighted by Gasteiger charge is 2.00. The molecule has 0 aromatic rings. The zero-order chi connectivity index (χ0) is 15.1. The highest BCUT2D eigenvalue weighted by molar-refractivity contribution is 6.17. The molecule has 0 radical (unpaired) electrons. The van der Waals surface area contributed by atoms with Crippen molar-refractivity contribution in [3.8, 4) is 0 Å². The predicted octanol–water partition coefficient (Wildman–Crippen LogP) is 1.50. The molecule has 5 nitrogen and oxygen atoms in total. The van der Waals surface area contributed by atoms with Gasteiger partial charge in [0.15, 0.2) is 0 Å². The summed E-state index contributed by atoms with van der Waals surface area (Å²) < 4.78 is 10.8. The molecule has 0 saturated heterocycles. The van der Waals surface area contributed by atoms with Crippen LogP contribution in [-0.2, 0) is 14.3 Å². The minimum atomic E-state index is 0.0202. The SMILES string of the molecule is CN(C)CC(=O)NCCOCCOCCCCCCCl. The summed E-state index contributed by atoms with van der Waals surface area (Å²) in [6, 6.07) is 0. The Kier molecular flexibility index (Phi) is 14.8. The number of amides is 1. The van der Waals surface area contributed by atoms with Crippen molar-refractivity contribution in [2.24, 2.45) is 0 Å². The largest absolute Gasteiger partial charge is 0.379 e. The van der Waals surface area contributed by atoms with Gasteiger partial charge in [-0.15, -0.1) is 11.6 Å². The summed E-state index contributed by atoms with van der Waals surface area (Å²) in [5.74, 6) is 0.770. The summed E-state index contributed by atoms with van der Waals surface area (Å²) in [6.45, 7) is 3.45. The minimum Gasteiger partial charge on any atom is -0.379 e. The maximum atomic E-state index is 11.3. The summed E-state index contributed by atoms with van der Waals surface area (Å²) >= 11 is 5.59. The number of halogens is 1. The van der Waals surface area contributed by atoms with Crippen molar-refractivity contribution >= 4 is 17.5 Å². The van der Waals surface area contributed by atoms with Crippen LogP contribution in [0.4, 0.5) is 0 Å². The molecule has 0 aliphatic rings. The molecule has 6 heteroatoms. The monoisotopic (exact) mass is 308 g/mol. The van der Waals surface area contributed by atoms with Gasteiger partial charge >= 0.3 is 0 Å². The molecule has 0 aliphatic heterocycles. The van der Waals surface area contributed by atoms with Gasteiger partial charge in [0.25, 0.3) is 0 Å². The molecule has 0 saturated carbocycles. The minimum absolute atomic E-state index is 0.0202. The molecule has 20 heavy (non-hydrogen) atoms. The Morgan fingerprint density at radius 2 is 1.65 bits per heavy atom. The molecule has 0 rings (SSSR count). The topological polar surface area (TPSA) is 50.8 Å². The van der Waals surface area contributed by atoms with Gasteiger partial charge in [-0.2, -0.15) is 0 Å². The van der Waals surface area contributed by atoms with Crippen LogP contribution in [0, 0.1) is 0 Å². The number of ether oxygens (including phenoxy) is 2. The van der Waals surface area contributed by atoms with Crippen molar-refractivity contribution in [2.75, 3.05) is 59.5 Å². The van der Waals surface area contributed by atoms with Crippen molar-refractivity contribution in [3.63, 3.8) is 0 Å². The standard InChI is InChI=1S/C14H29ClN2O3/c1-17(2)13-14(18)16-8-10-20-12-11-19-9-6-4-3-5-7-15/h3-13H2,1-2H3,(H,16,18). The van der Waals surface area contributed by atoms with Crippen molar-refractivity contribution in [1.29, 1.82) is 0 Å². The Hall–Kier alpha value is -0.360. The molecule has 0 heterocycles. The summed E-state index contributed by atoms with van der Waals surface area (Å²) in [6.07, 6.45) is 4.52. The Balaban J connectivity index is 3.08. The Morgan fingerprint density at radius 3 is 2.30 bits per heavy atom. The van der Waals surface area contributed by atoms with Gasteiger partial charge in [-0.3, -0.25) is 4.79 Å². The van der Waals surface area contributed by atoms with E-state index in [0.29, 0.717) is 32.9 Å². The van der Waals surface area contributed by atoms with Crippen molar-refractivity contribution in [1.82, 2.24) is 10.2 Å². The number of carbonyl (C=O) groups excluding carboxylic acids is 1. The molecule has 0 fully saturated rings. The quantitative estimate of drug-likeness (QED) is 0.390. The smallest absolute Gasteiger partial charge is 0.234 e. The van der Waals surface area contributed by atoms with E-state index in [1.165, 1.54) is 12.8 Å². The van der Waals surface area contributed by atoms with Gasteiger partial charge in [0.1, 0.15) is 0 Å². The average molecular weight is 309 g/mol. The molecule has 0 aromatic carbocycles. The Labute approximate surface area is 127 Å².